The van der Waals surface area contributed by atoms with Gasteiger partial charge in [0, 0.05) is 36.7 Å². The first-order valence-electron chi connectivity index (χ1n) is 8.18. The largest absolute Gasteiger partial charge is 0.495 e. The Balaban J connectivity index is 1.76. The molecule has 0 radical (unpaired) electrons. The molecule has 2 aromatic rings. The number of methoxy groups -OCH3 is 1. The lowest BCUT2D eigenvalue weighted by Gasteiger charge is -2.33. The van der Waals surface area contributed by atoms with Crippen LogP contribution < -0.4 is 9.46 Å². The first kappa shape index (κ1) is 19.6. The van der Waals surface area contributed by atoms with Crippen LogP contribution in [0.2, 0.25) is 5.02 Å². The third-order valence-corrected chi connectivity index (χ3v) is 6.97. The average molecular weight is 417 g/mol. The van der Waals surface area contributed by atoms with Crippen molar-refractivity contribution in [1.29, 1.82) is 0 Å². The van der Waals surface area contributed by atoms with Crippen LogP contribution in [0.4, 0.5) is 0 Å². The standard InChI is InChI=1S/C17H21ClN2O4S2/c1-23-17-3-2-14(10-15(17)18)26(21,22)19-11-16(13-4-7-24-12-13)20-5-8-25-9-6-20/h2-4,7,10,12,16,19H,5-6,8-9,11H2,1H3. The molecule has 0 bridgehead atoms. The Hall–Kier alpha value is -1.19. The van der Waals surface area contributed by atoms with Crippen LogP contribution in [-0.4, -0.2) is 51.6 Å². The summed E-state index contributed by atoms with van der Waals surface area (Å²) in [7, 11) is -2.20. The maximum absolute atomic E-state index is 12.7. The Labute approximate surface area is 162 Å². The topological polar surface area (TPSA) is 71.8 Å². The van der Waals surface area contributed by atoms with Crippen LogP contribution >= 0.6 is 23.4 Å². The van der Waals surface area contributed by atoms with Crippen molar-refractivity contribution in [2.75, 3.05) is 38.2 Å². The molecule has 6 nitrogen and oxygen atoms in total. The smallest absolute Gasteiger partial charge is 0.240 e. The number of benzene rings is 1. The van der Waals surface area contributed by atoms with Crippen molar-refractivity contribution in [1.82, 2.24) is 9.62 Å². The zero-order valence-corrected chi connectivity index (χ0v) is 16.7. The normalized spacial score (nSPS) is 17.2. The van der Waals surface area contributed by atoms with Gasteiger partial charge < -0.3 is 9.15 Å². The molecule has 1 atom stereocenters. The van der Waals surface area contributed by atoms with Gasteiger partial charge >= 0.3 is 0 Å². The van der Waals surface area contributed by atoms with Gasteiger partial charge in [-0.15, -0.1) is 0 Å². The number of rotatable bonds is 7. The second-order valence-electron chi connectivity index (χ2n) is 5.87. The van der Waals surface area contributed by atoms with Crippen molar-refractivity contribution in [2.45, 2.75) is 10.9 Å². The Morgan fingerprint density at radius 3 is 2.73 bits per heavy atom. The molecule has 1 unspecified atom stereocenters. The lowest BCUT2D eigenvalue weighted by atomic mass is 10.1. The van der Waals surface area contributed by atoms with Gasteiger partial charge in [0.1, 0.15) is 5.75 Å². The first-order valence-corrected chi connectivity index (χ1v) is 11.2. The van der Waals surface area contributed by atoms with E-state index in [0.29, 0.717) is 5.75 Å². The number of sulfonamides is 1. The van der Waals surface area contributed by atoms with E-state index in [4.69, 9.17) is 20.8 Å². The van der Waals surface area contributed by atoms with Crippen LogP contribution in [0.1, 0.15) is 11.6 Å². The van der Waals surface area contributed by atoms with Gasteiger partial charge in [-0.1, -0.05) is 11.6 Å². The summed E-state index contributed by atoms with van der Waals surface area (Å²) in [6, 6.07) is 6.24. The molecule has 9 heteroatoms. The summed E-state index contributed by atoms with van der Waals surface area (Å²) in [6.45, 7) is 2.09. The fraction of sp³-hybridized carbons (Fsp3) is 0.412. The molecule has 0 aliphatic carbocycles. The Morgan fingerprint density at radius 2 is 2.12 bits per heavy atom. The molecule has 1 fully saturated rings. The van der Waals surface area contributed by atoms with E-state index in [1.807, 2.05) is 17.8 Å². The van der Waals surface area contributed by atoms with Crippen molar-refractivity contribution in [2.24, 2.45) is 0 Å². The molecule has 1 aromatic carbocycles. The molecule has 3 rings (SSSR count). The van der Waals surface area contributed by atoms with Crippen molar-refractivity contribution >= 4 is 33.4 Å². The van der Waals surface area contributed by atoms with E-state index in [2.05, 4.69) is 9.62 Å². The highest BCUT2D eigenvalue weighted by molar-refractivity contribution is 7.99. The lowest BCUT2D eigenvalue weighted by Crippen LogP contribution is -2.41. The van der Waals surface area contributed by atoms with E-state index in [0.717, 1.165) is 30.2 Å². The quantitative estimate of drug-likeness (QED) is 0.748. The summed E-state index contributed by atoms with van der Waals surface area (Å²) in [4.78, 5) is 2.40. The van der Waals surface area contributed by atoms with Gasteiger partial charge in [-0.2, -0.15) is 11.8 Å². The minimum Gasteiger partial charge on any atom is -0.495 e. The Bertz CT molecular complexity index is 821. The molecular formula is C17H21ClN2O4S2. The number of halogens is 1. The molecule has 0 amide bonds. The number of thioether (sulfide) groups is 1. The van der Waals surface area contributed by atoms with Gasteiger partial charge in [0.15, 0.2) is 0 Å². The van der Waals surface area contributed by atoms with Gasteiger partial charge in [-0.05, 0) is 24.3 Å². The Morgan fingerprint density at radius 1 is 1.35 bits per heavy atom. The van der Waals surface area contributed by atoms with Crippen LogP contribution in [0.3, 0.4) is 0 Å². The number of hydrogen-bond acceptors (Lipinski definition) is 6. The molecule has 1 aromatic heterocycles. The van der Waals surface area contributed by atoms with E-state index in [1.54, 1.807) is 18.6 Å². The molecule has 2 heterocycles. The van der Waals surface area contributed by atoms with Crippen molar-refractivity contribution in [3.8, 4) is 5.75 Å². The van der Waals surface area contributed by atoms with Crippen molar-refractivity contribution in [3.63, 3.8) is 0 Å². The molecule has 26 heavy (non-hydrogen) atoms. The van der Waals surface area contributed by atoms with Gasteiger partial charge in [-0.3, -0.25) is 4.90 Å². The number of ether oxygens (including phenoxy) is 1. The molecule has 1 saturated heterocycles. The number of nitrogens with one attached hydrogen (secondary N) is 1. The van der Waals surface area contributed by atoms with Gasteiger partial charge in [0.2, 0.25) is 10.0 Å². The fourth-order valence-corrected chi connectivity index (χ4v) is 5.22. The fourth-order valence-electron chi connectivity index (χ4n) is 2.90. The van der Waals surface area contributed by atoms with Crippen LogP contribution in [0.15, 0.2) is 46.1 Å². The van der Waals surface area contributed by atoms with E-state index in [-0.39, 0.29) is 22.5 Å². The van der Waals surface area contributed by atoms with Crippen LogP contribution in [-0.2, 0) is 10.0 Å². The third-order valence-electron chi connectivity index (χ3n) is 4.31. The predicted molar refractivity (Wildman–Crippen MR) is 104 cm³/mol. The maximum Gasteiger partial charge on any atom is 0.240 e. The number of hydrogen-bond donors (Lipinski definition) is 1. The predicted octanol–water partition coefficient (Wildman–Crippen LogP) is 3.01. The zero-order chi connectivity index (χ0) is 18.6. The molecule has 0 spiro atoms. The minimum atomic E-state index is -3.69. The van der Waals surface area contributed by atoms with E-state index in [1.165, 1.54) is 19.2 Å². The highest BCUT2D eigenvalue weighted by Gasteiger charge is 2.26. The molecule has 0 saturated carbocycles. The molecule has 1 aliphatic rings. The van der Waals surface area contributed by atoms with Crippen molar-refractivity contribution < 1.29 is 17.6 Å². The lowest BCUT2D eigenvalue weighted by molar-refractivity contribution is 0.218. The zero-order valence-electron chi connectivity index (χ0n) is 14.4. The van der Waals surface area contributed by atoms with Gasteiger partial charge in [0.25, 0.3) is 0 Å². The van der Waals surface area contributed by atoms with Crippen LogP contribution in [0.25, 0.3) is 0 Å². The summed E-state index contributed by atoms with van der Waals surface area (Å²) >= 11 is 7.97. The van der Waals surface area contributed by atoms with Crippen LogP contribution in [0, 0.1) is 0 Å². The monoisotopic (exact) mass is 416 g/mol. The summed E-state index contributed by atoms with van der Waals surface area (Å²) < 4.78 is 38.4. The highest BCUT2D eigenvalue weighted by Crippen LogP contribution is 2.28. The van der Waals surface area contributed by atoms with E-state index < -0.39 is 10.0 Å². The van der Waals surface area contributed by atoms with Crippen LogP contribution in [0.5, 0.6) is 5.75 Å². The van der Waals surface area contributed by atoms with Gasteiger partial charge in [0.05, 0.1) is 35.6 Å². The molecule has 1 N–H and O–H groups in total. The van der Waals surface area contributed by atoms with E-state index >= 15 is 0 Å². The summed E-state index contributed by atoms with van der Waals surface area (Å²) in [5.41, 5.74) is 0.965. The van der Waals surface area contributed by atoms with Gasteiger partial charge in [-0.25, -0.2) is 13.1 Å². The second kappa shape index (κ2) is 8.67. The van der Waals surface area contributed by atoms with Crippen molar-refractivity contribution in [3.05, 3.63) is 47.4 Å². The first-order chi connectivity index (χ1) is 12.5. The summed E-state index contributed by atoms with van der Waals surface area (Å²) in [5, 5.41) is 0.259. The minimum absolute atomic E-state index is 0.0712. The summed E-state index contributed by atoms with van der Waals surface area (Å²) in [5.74, 6) is 2.51. The highest BCUT2D eigenvalue weighted by atomic mass is 35.5. The molecule has 1 aliphatic heterocycles. The number of nitrogens with zero attached hydrogens (tertiary/aromatic N) is 1. The average Bonchev–Trinajstić information content (AvgIpc) is 3.17. The molecular weight excluding hydrogens is 396 g/mol. The number of furan rings is 1. The second-order valence-corrected chi connectivity index (χ2v) is 9.27. The maximum atomic E-state index is 12.7. The summed E-state index contributed by atoms with van der Waals surface area (Å²) in [6.07, 6.45) is 3.28. The van der Waals surface area contributed by atoms with E-state index in [9.17, 15) is 8.42 Å². The third kappa shape index (κ3) is 4.55. The Kier molecular flexibility index (Phi) is 6.52. The molecule has 142 valence electrons. The SMILES string of the molecule is COc1ccc(S(=O)(=O)NCC(c2ccoc2)N2CCSCC2)cc1Cl.